The van der Waals surface area contributed by atoms with Crippen LogP contribution in [0.15, 0.2) is 52.9 Å². The molecular formula is C15H9F3N2O2. The molecule has 0 unspecified atom stereocenters. The van der Waals surface area contributed by atoms with Gasteiger partial charge >= 0.3 is 12.1 Å². The van der Waals surface area contributed by atoms with Crippen molar-refractivity contribution in [1.29, 1.82) is 0 Å². The third-order valence-electron chi connectivity index (χ3n) is 2.94. The molecule has 0 fully saturated rings. The van der Waals surface area contributed by atoms with E-state index in [4.69, 9.17) is 4.42 Å². The molecule has 0 atom stereocenters. The summed E-state index contributed by atoms with van der Waals surface area (Å²) >= 11 is 0. The number of rotatable bonds is 2. The highest BCUT2D eigenvalue weighted by atomic mass is 19.4. The molecule has 4 nitrogen and oxygen atoms in total. The molecule has 0 aliphatic carbocycles. The number of alkyl halides is 3. The number of benzene rings is 2. The smallest absolute Gasteiger partial charge is 0.436 e. The predicted octanol–water partition coefficient (Wildman–Crippen LogP) is 4.00. The zero-order valence-electron chi connectivity index (χ0n) is 11.0. The van der Waals surface area contributed by atoms with Crippen LogP contribution in [0.2, 0.25) is 0 Å². The van der Waals surface area contributed by atoms with Gasteiger partial charge in [0, 0.05) is 11.3 Å². The highest BCUT2D eigenvalue weighted by Crippen LogP contribution is 2.25. The maximum atomic E-state index is 12.2. The first-order valence-electron chi connectivity index (χ1n) is 6.28. The zero-order chi connectivity index (χ0) is 15.7. The minimum atomic E-state index is -4.92. The largest absolute Gasteiger partial charge is 0.471 e. The van der Waals surface area contributed by atoms with Crippen LogP contribution in [0.5, 0.6) is 0 Å². The van der Waals surface area contributed by atoms with E-state index in [1.54, 1.807) is 17.4 Å². The number of fused-ring (bicyclic) bond motifs is 1. The first-order valence-corrected chi connectivity index (χ1v) is 6.28. The van der Waals surface area contributed by atoms with E-state index in [1.165, 1.54) is 24.3 Å². The highest BCUT2D eigenvalue weighted by Gasteiger charge is 2.38. The number of para-hydroxylation sites is 2. The van der Waals surface area contributed by atoms with Gasteiger partial charge in [0.2, 0.25) is 5.89 Å². The first-order chi connectivity index (χ1) is 10.4. The van der Waals surface area contributed by atoms with Gasteiger partial charge in [-0.2, -0.15) is 13.2 Å². The topological polar surface area (TPSA) is 55.1 Å². The maximum absolute atomic E-state index is 12.2. The van der Waals surface area contributed by atoms with E-state index in [1.807, 2.05) is 12.1 Å². The second-order valence-electron chi connectivity index (χ2n) is 4.52. The van der Waals surface area contributed by atoms with Crippen LogP contribution < -0.4 is 5.32 Å². The molecule has 0 saturated heterocycles. The van der Waals surface area contributed by atoms with Crippen molar-refractivity contribution in [2.24, 2.45) is 0 Å². The van der Waals surface area contributed by atoms with E-state index in [9.17, 15) is 18.0 Å². The van der Waals surface area contributed by atoms with Crippen molar-refractivity contribution in [3.63, 3.8) is 0 Å². The number of carbonyl (C=O) groups is 1. The van der Waals surface area contributed by atoms with Crippen LogP contribution in [0, 0.1) is 0 Å². The second kappa shape index (κ2) is 5.18. The molecule has 3 rings (SSSR count). The Balaban J connectivity index is 1.83. The van der Waals surface area contributed by atoms with Crippen molar-refractivity contribution in [2.45, 2.75) is 6.18 Å². The summed E-state index contributed by atoms with van der Waals surface area (Å²) < 4.78 is 42.0. The van der Waals surface area contributed by atoms with Crippen LogP contribution in [-0.4, -0.2) is 17.1 Å². The van der Waals surface area contributed by atoms with E-state index in [0.717, 1.165) is 0 Å². The lowest BCUT2D eigenvalue weighted by molar-refractivity contribution is -0.167. The quantitative estimate of drug-likeness (QED) is 0.778. The number of anilines is 1. The molecule has 0 radical (unpaired) electrons. The minimum Gasteiger partial charge on any atom is -0.436 e. The number of halogens is 3. The molecular weight excluding hydrogens is 297 g/mol. The van der Waals surface area contributed by atoms with Gasteiger partial charge < -0.3 is 9.73 Å². The summed E-state index contributed by atoms with van der Waals surface area (Å²) in [6, 6.07) is 13.0. The van der Waals surface area contributed by atoms with E-state index < -0.39 is 12.1 Å². The molecule has 1 N–H and O–H groups in total. The Morgan fingerprint density at radius 2 is 1.73 bits per heavy atom. The van der Waals surface area contributed by atoms with E-state index in [0.29, 0.717) is 22.6 Å². The number of nitrogens with zero attached hydrogens (tertiary/aromatic N) is 1. The van der Waals surface area contributed by atoms with Gasteiger partial charge in [0.1, 0.15) is 5.52 Å². The molecule has 2 aromatic carbocycles. The maximum Gasteiger partial charge on any atom is 0.471 e. The fraction of sp³-hybridized carbons (Fsp3) is 0.0667. The molecule has 0 aliphatic rings. The lowest BCUT2D eigenvalue weighted by Gasteiger charge is -2.07. The van der Waals surface area contributed by atoms with Gasteiger partial charge in [0.25, 0.3) is 0 Å². The van der Waals surface area contributed by atoms with E-state index >= 15 is 0 Å². The van der Waals surface area contributed by atoms with Crippen molar-refractivity contribution in [3.05, 3.63) is 48.5 Å². The summed E-state index contributed by atoms with van der Waals surface area (Å²) in [6.07, 6.45) is -4.92. The van der Waals surface area contributed by atoms with Crippen LogP contribution in [0.1, 0.15) is 0 Å². The number of nitrogens with one attached hydrogen (secondary N) is 1. The lowest BCUT2D eigenvalue weighted by atomic mass is 10.2. The third kappa shape index (κ3) is 2.78. The van der Waals surface area contributed by atoms with Crippen LogP contribution in [0.4, 0.5) is 18.9 Å². The molecule has 0 spiro atoms. The van der Waals surface area contributed by atoms with Gasteiger partial charge in [-0.15, -0.1) is 0 Å². The zero-order valence-corrected chi connectivity index (χ0v) is 11.0. The number of hydrogen-bond donors (Lipinski definition) is 1. The molecule has 1 aromatic heterocycles. The fourth-order valence-electron chi connectivity index (χ4n) is 1.89. The normalized spacial score (nSPS) is 11.6. The van der Waals surface area contributed by atoms with Crippen molar-refractivity contribution in [3.8, 4) is 11.5 Å². The van der Waals surface area contributed by atoms with Crippen molar-refractivity contribution >= 4 is 22.7 Å². The van der Waals surface area contributed by atoms with E-state index in [2.05, 4.69) is 4.98 Å². The Kier molecular flexibility index (Phi) is 3.32. The molecule has 1 heterocycles. The van der Waals surface area contributed by atoms with Crippen LogP contribution >= 0.6 is 0 Å². The molecule has 0 bridgehead atoms. The number of hydrogen-bond acceptors (Lipinski definition) is 3. The number of carbonyl (C=O) groups excluding carboxylic acids is 1. The van der Waals surface area contributed by atoms with Gasteiger partial charge in [-0.25, -0.2) is 4.98 Å². The Morgan fingerprint density at radius 3 is 2.36 bits per heavy atom. The Morgan fingerprint density at radius 1 is 1.05 bits per heavy atom. The van der Waals surface area contributed by atoms with Crippen molar-refractivity contribution < 1.29 is 22.4 Å². The summed E-state index contributed by atoms with van der Waals surface area (Å²) in [6.45, 7) is 0. The molecule has 1 amide bonds. The van der Waals surface area contributed by atoms with Crippen molar-refractivity contribution in [1.82, 2.24) is 4.98 Å². The first kappa shape index (κ1) is 14.1. The van der Waals surface area contributed by atoms with Gasteiger partial charge in [0.05, 0.1) is 0 Å². The van der Waals surface area contributed by atoms with Gasteiger partial charge in [0.15, 0.2) is 5.58 Å². The molecule has 0 saturated carbocycles. The second-order valence-corrected chi connectivity index (χ2v) is 4.52. The average Bonchev–Trinajstić information content (AvgIpc) is 2.91. The number of aromatic nitrogens is 1. The fourth-order valence-corrected chi connectivity index (χ4v) is 1.89. The molecule has 22 heavy (non-hydrogen) atoms. The minimum absolute atomic E-state index is 0.0437. The summed E-state index contributed by atoms with van der Waals surface area (Å²) in [7, 11) is 0. The van der Waals surface area contributed by atoms with Gasteiger partial charge in [-0.1, -0.05) is 12.1 Å². The summed E-state index contributed by atoms with van der Waals surface area (Å²) in [5, 5.41) is 1.77. The predicted molar refractivity (Wildman–Crippen MR) is 74.1 cm³/mol. The monoisotopic (exact) mass is 306 g/mol. The highest BCUT2D eigenvalue weighted by molar-refractivity contribution is 5.95. The van der Waals surface area contributed by atoms with Crippen molar-refractivity contribution in [2.75, 3.05) is 5.32 Å². The SMILES string of the molecule is O=C(Nc1ccc(-c2nc3ccccc3o2)cc1)C(F)(F)F. The third-order valence-corrected chi connectivity index (χ3v) is 2.94. The summed E-state index contributed by atoms with van der Waals surface area (Å²) in [5.74, 6) is -1.66. The van der Waals surface area contributed by atoms with Crippen LogP contribution in [-0.2, 0) is 4.79 Å². The lowest BCUT2D eigenvalue weighted by Crippen LogP contribution is -2.29. The molecule has 112 valence electrons. The standard InChI is InChI=1S/C15H9F3N2O2/c16-15(17,18)14(21)19-10-7-5-9(6-8-10)13-20-11-3-1-2-4-12(11)22-13/h1-8H,(H,19,21). The summed E-state index contributed by atoms with van der Waals surface area (Å²) in [5.41, 5.74) is 1.95. The summed E-state index contributed by atoms with van der Waals surface area (Å²) in [4.78, 5) is 15.1. The van der Waals surface area contributed by atoms with Crippen LogP contribution in [0.25, 0.3) is 22.6 Å². The molecule has 3 aromatic rings. The number of amides is 1. The van der Waals surface area contributed by atoms with Gasteiger partial charge in [-0.3, -0.25) is 4.79 Å². The Labute approximate surface area is 122 Å². The Hall–Kier alpha value is -2.83. The van der Waals surface area contributed by atoms with E-state index in [-0.39, 0.29) is 5.69 Å². The molecule has 0 aliphatic heterocycles. The Bertz CT molecular complexity index is 790. The number of oxazole rings is 1. The van der Waals surface area contributed by atoms with Crippen LogP contribution in [0.3, 0.4) is 0 Å². The van der Waals surface area contributed by atoms with Gasteiger partial charge in [-0.05, 0) is 36.4 Å². The average molecular weight is 306 g/mol. The molecule has 7 heteroatoms.